The lowest BCUT2D eigenvalue weighted by molar-refractivity contribution is 0.187. The highest BCUT2D eigenvalue weighted by Gasteiger charge is 2.16. The van der Waals surface area contributed by atoms with Crippen molar-refractivity contribution in [3.63, 3.8) is 0 Å². The van der Waals surface area contributed by atoms with Gasteiger partial charge in [-0.3, -0.25) is 4.90 Å². The standard InChI is InChI=1S/C26H32N2O3S2/c1-26(2,3)21-9-11-22(12-10-21)31-25(29)28(5)33-24-8-6-7-23(17-24)30-15-14-27(4)18-20-13-16-32-19-20/h6-13,16-17,19H,14-15,18H2,1-5H3. The van der Waals surface area contributed by atoms with E-state index in [4.69, 9.17) is 9.47 Å². The first-order valence-electron chi connectivity index (χ1n) is 10.9. The Morgan fingerprint density at radius 1 is 1.03 bits per heavy atom. The maximum absolute atomic E-state index is 12.5. The van der Waals surface area contributed by atoms with Crippen LogP contribution in [0.2, 0.25) is 0 Å². The Kier molecular flexibility index (Phi) is 8.83. The summed E-state index contributed by atoms with van der Waals surface area (Å²) >= 11 is 3.02. The molecule has 5 nitrogen and oxygen atoms in total. The van der Waals surface area contributed by atoms with Crippen LogP contribution in [0, 0.1) is 0 Å². The van der Waals surface area contributed by atoms with Crippen molar-refractivity contribution >= 4 is 29.4 Å². The Balaban J connectivity index is 1.47. The third kappa shape index (κ3) is 8.11. The van der Waals surface area contributed by atoms with E-state index in [1.807, 2.05) is 48.5 Å². The van der Waals surface area contributed by atoms with Crippen LogP contribution < -0.4 is 9.47 Å². The lowest BCUT2D eigenvalue weighted by atomic mass is 9.87. The number of carbonyl (C=O) groups excluding carboxylic acids is 1. The number of thiophene rings is 1. The minimum atomic E-state index is -0.426. The van der Waals surface area contributed by atoms with Gasteiger partial charge in [-0.05, 0) is 82.7 Å². The quantitative estimate of drug-likeness (QED) is 0.316. The van der Waals surface area contributed by atoms with Crippen LogP contribution in [0.5, 0.6) is 11.5 Å². The Morgan fingerprint density at radius 3 is 2.45 bits per heavy atom. The maximum Gasteiger partial charge on any atom is 0.425 e. The third-order valence-corrected chi connectivity index (χ3v) is 6.62. The van der Waals surface area contributed by atoms with Gasteiger partial charge in [0.1, 0.15) is 18.1 Å². The molecule has 0 radical (unpaired) electrons. The number of carbonyl (C=O) groups is 1. The molecule has 0 aliphatic heterocycles. The molecule has 0 unspecified atom stereocenters. The molecule has 3 aromatic rings. The van der Waals surface area contributed by atoms with Crippen LogP contribution in [0.15, 0.2) is 70.3 Å². The SMILES string of the molecule is CN(CCOc1cccc(SN(C)C(=O)Oc2ccc(C(C)(C)C)cc2)c1)Cc1ccsc1. The van der Waals surface area contributed by atoms with Gasteiger partial charge in [0.15, 0.2) is 0 Å². The second-order valence-electron chi connectivity index (χ2n) is 8.92. The summed E-state index contributed by atoms with van der Waals surface area (Å²) < 4.78 is 12.9. The molecule has 0 bridgehead atoms. The van der Waals surface area contributed by atoms with Crippen LogP contribution in [0.25, 0.3) is 0 Å². The number of likely N-dealkylation sites (N-methyl/N-ethyl adjacent to an activating group) is 1. The monoisotopic (exact) mass is 484 g/mol. The van der Waals surface area contributed by atoms with E-state index in [9.17, 15) is 4.79 Å². The average Bonchev–Trinajstić information content (AvgIpc) is 3.26. The van der Waals surface area contributed by atoms with Crippen LogP contribution in [-0.2, 0) is 12.0 Å². The van der Waals surface area contributed by atoms with E-state index in [0.29, 0.717) is 12.4 Å². The zero-order chi connectivity index (χ0) is 23.8. The molecule has 0 aliphatic carbocycles. The summed E-state index contributed by atoms with van der Waals surface area (Å²) in [6.45, 7) is 8.79. The van der Waals surface area contributed by atoms with E-state index in [2.05, 4.69) is 49.5 Å². The van der Waals surface area contributed by atoms with Gasteiger partial charge in [-0.2, -0.15) is 11.3 Å². The lowest BCUT2D eigenvalue weighted by Gasteiger charge is -2.20. The first-order valence-corrected chi connectivity index (χ1v) is 12.6. The van der Waals surface area contributed by atoms with Gasteiger partial charge in [-0.25, -0.2) is 9.10 Å². The Labute approximate surface area is 205 Å². The van der Waals surface area contributed by atoms with Gasteiger partial charge in [-0.1, -0.05) is 39.0 Å². The summed E-state index contributed by atoms with van der Waals surface area (Å²) in [5.74, 6) is 1.31. The molecule has 33 heavy (non-hydrogen) atoms. The van der Waals surface area contributed by atoms with Gasteiger partial charge in [0.25, 0.3) is 0 Å². The van der Waals surface area contributed by atoms with Crippen molar-refractivity contribution in [2.24, 2.45) is 0 Å². The van der Waals surface area contributed by atoms with Gasteiger partial charge in [0.2, 0.25) is 0 Å². The number of amides is 1. The average molecular weight is 485 g/mol. The number of hydrogen-bond donors (Lipinski definition) is 0. The largest absolute Gasteiger partial charge is 0.492 e. The van der Waals surface area contributed by atoms with E-state index < -0.39 is 6.09 Å². The van der Waals surface area contributed by atoms with Crippen LogP contribution in [-0.4, -0.2) is 42.5 Å². The highest BCUT2D eigenvalue weighted by molar-refractivity contribution is 7.97. The van der Waals surface area contributed by atoms with Gasteiger partial charge in [0, 0.05) is 25.0 Å². The van der Waals surface area contributed by atoms with Crippen molar-refractivity contribution in [3.05, 3.63) is 76.5 Å². The van der Waals surface area contributed by atoms with Crippen LogP contribution >= 0.6 is 23.3 Å². The minimum absolute atomic E-state index is 0.0573. The summed E-state index contributed by atoms with van der Waals surface area (Å²) in [4.78, 5) is 15.6. The van der Waals surface area contributed by atoms with Crippen LogP contribution in [0.4, 0.5) is 4.79 Å². The first-order chi connectivity index (χ1) is 15.7. The number of ether oxygens (including phenoxy) is 2. The summed E-state index contributed by atoms with van der Waals surface area (Å²) in [5, 5.41) is 4.26. The fourth-order valence-corrected chi connectivity index (χ4v) is 4.49. The smallest absolute Gasteiger partial charge is 0.425 e. The van der Waals surface area contributed by atoms with Crippen molar-refractivity contribution in [2.45, 2.75) is 37.6 Å². The van der Waals surface area contributed by atoms with Gasteiger partial charge in [-0.15, -0.1) is 0 Å². The van der Waals surface area contributed by atoms with E-state index >= 15 is 0 Å². The first kappa shape index (κ1) is 25.1. The zero-order valence-corrected chi connectivity index (χ0v) is 21.5. The molecule has 0 atom stereocenters. The normalized spacial score (nSPS) is 11.5. The van der Waals surface area contributed by atoms with Gasteiger partial charge >= 0.3 is 6.09 Å². The number of hydrogen-bond acceptors (Lipinski definition) is 6. The fraction of sp³-hybridized carbons (Fsp3) is 0.346. The molecule has 0 aliphatic rings. The highest BCUT2D eigenvalue weighted by atomic mass is 32.2. The topological polar surface area (TPSA) is 42.0 Å². The number of benzene rings is 2. The van der Waals surface area contributed by atoms with Crippen molar-refractivity contribution < 1.29 is 14.3 Å². The van der Waals surface area contributed by atoms with E-state index in [0.717, 1.165) is 23.7 Å². The van der Waals surface area contributed by atoms with Crippen molar-refractivity contribution in [2.75, 3.05) is 27.2 Å². The molecule has 176 valence electrons. The van der Waals surface area contributed by atoms with Crippen molar-refractivity contribution in [1.82, 2.24) is 9.21 Å². The molecule has 0 fully saturated rings. The molecule has 3 rings (SSSR count). The van der Waals surface area contributed by atoms with Crippen LogP contribution in [0.1, 0.15) is 31.9 Å². The van der Waals surface area contributed by atoms with Crippen LogP contribution in [0.3, 0.4) is 0 Å². The lowest BCUT2D eigenvalue weighted by Crippen LogP contribution is -2.24. The second kappa shape index (κ2) is 11.6. The van der Waals surface area contributed by atoms with Crippen molar-refractivity contribution in [1.29, 1.82) is 0 Å². The molecule has 2 aromatic carbocycles. The molecule has 0 spiro atoms. The number of rotatable bonds is 9. The summed E-state index contributed by atoms with van der Waals surface area (Å²) in [7, 11) is 3.79. The molecule has 7 heteroatoms. The Bertz CT molecular complexity index is 1010. The molecule has 0 saturated carbocycles. The summed E-state index contributed by atoms with van der Waals surface area (Å²) in [5.41, 5.74) is 2.57. The Morgan fingerprint density at radius 2 is 1.79 bits per heavy atom. The van der Waals surface area contributed by atoms with E-state index in [-0.39, 0.29) is 5.41 Å². The molecule has 0 N–H and O–H groups in total. The van der Waals surface area contributed by atoms with Crippen molar-refractivity contribution in [3.8, 4) is 11.5 Å². The molecular weight excluding hydrogens is 452 g/mol. The second-order valence-corrected chi connectivity index (χ2v) is 10.9. The predicted molar refractivity (Wildman–Crippen MR) is 137 cm³/mol. The third-order valence-electron chi connectivity index (χ3n) is 5.00. The summed E-state index contributed by atoms with van der Waals surface area (Å²) in [6, 6.07) is 17.5. The molecule has 0 saturated heterocycles. The van der Waals surface area contributed by atoms with E-state index in [1.165, 1.54) is 27.4 Å². The molecule has 1 amide bonds. The van der Waals surface area contributed by atoms with E-state index in [1.54, 1.807) is 18.4 Å². The van der Waals surface area contributed by atoms with Gasteiger partial charge in [0.05, 0.1) is 0 Å². The Hall–Kier alpha value is -2.48. The predicted octanol–water partition coefficient (Wildman–Crippen LogP) is 6.69. The zero-order valence-electron chi connectivity index (χ0n) is 19.9. The highest BCUT2D eigenvalue weighted by Crippen LogP contribution is 2.27. The molecular formula is C26H32N2O3S2. The van der Waals surface area contributed by atoms with Gasteiger partial charge < -0.3 is 9.47 Å². The summed E-state index contributed by atoms with van der Waals surface area (Å²) in [6.07, 6.45) is -0.426. The number of nitrogens with zero attached hydrogens (tertiary/aromatic N) is 2. The maximum atomic E-state index is 12.5. The molecule has 1 heterocycles. The molecule has 1 aromatic heterocycles. The fourth-order valence-electron chi connectivity index (χ4n) is 3.10. The minimum Gasteiger partial charge on any atom is -0.492 e.